The molecular weight excluding hydrogens is 308 g/mol. The first kappa shape index (κ1) is 18.3. The lowest BCUT2D eigenvalue weighted by atomic mass is 9.93. The van der Waals surface area contributed by atoms with E-state index in [4.69, 9.17) is 9.57 Å². The minimum Gasteiger partial charge on any atom is -0.497 e. The summed E-state index contributed by atoms with van der Waals surface area (Å²) < 4.78 is 5.19. The molecule has 1 saturated heterocycles. The Labute approximate surface area is 143 Å². The van der Waals surface area contributed by atoms with Crippen molar-refractivity contribution in [3.8, 4) is 5.75 Å². The number of hydrogen-bond donors (Lipinski definition) is 1. The molecular formula is C18H26N2O4. The molecule has 0 aliphatic carbocycles. The molecule has 24 heavy (non-hydrogen) atoms. The molecule has 1 heterocycles. The number of carbonyl (C=O) groups excluding carboxylic acids is 2. The molecule has 0 radical (unpaired) electrons. The number of hydrogen-bond acceptors (Lipinski definition) is 4. The molecule has 2 atom stereocenters. The fraction of sp³-hybridized carbons (Fsp3) is 0.556. The molecule has 1 aliphatic rings. The van der Waals surface area contributed by atoms with Crippen LogP contribution < -0.4 is 10.2 Å². The van der Waals surface area contributed by atoms with Gasteiger partial charge in [-0.15, -0.1) is 0 Å². The van der Waals surface area contributed by atoms with Crippen LogP contribution in [0, 0.1) is 5.92 Å². The lowest BCUT2D eigenvalue weighted by Crippen LogP contribution is -2.36. The minimum absolute atomic E-state index is 0.0147. The van der Waals surface area contributed by atoms with Gasteiger partial charge in [-0.25, -0.2) is 5.48 Å². The third kappa shape index (κ3) is 4.06. The van der Waals surface area contributed by atoms with Crippen LogP contribution in [0.15, 0.2) is 24.3 Å². The second-order valence-corrected chi connectivity index (χ2v) is 5.87. The van der Waals surface area contributed by atoms with Crippen molar-refractivity contribution in [1.29, 1.82) is 0 Å². The van der Waals surface area contributed by atoms with Gasteiger partial charge < -0.3 is 9.64 Å². The van der Waals surface area contributed by atoms with E-state index in [1.165, 1.54) is 0 Å². The van der Waals surface area contributed by atoms with E-state index in [1.807, 2.05) is 29.2 Å². The van der Waals surface area contributed by atoms with E-state index in [2.05, 4.69) is 12.4 Å². The molecule has 2 unspecified atom stereocenters. The van der Waals surface area contributed by atoms with Gasteiger partial charge in [0.05, 0.1) is 25.7 Å². The maximum atomic E-state index is 12.5. The molecule has 0 aromatic heterocycles. The zero-order chi connectivity index (χ0) is 17.5. The normalized spacial score (nSPS) is 20.3. The first-order valence-corrected chi connectivity index (χ1v) is 8.47. The molecule has 6 heteroatoms. The molecule has 1 aromatic carbocycles. The first-order valence-electron chi connectivity index (χ1n) is 8.47. The second kappa shape index (κ2) is 8.68. The number of methoxy groups -OCH3 is 1. The highest BCUT2D eigenvalue weighted by atomic mass is 16.6. The van der Waals surface area contributed by atoms with Crippen molar-refractivity contribution >= 4 is 11.8 Å². The summed E-state index contributed by atoms with van der Waals surface area (Å²) in [7, 11) is 1.61. The smallest absolute Gasteiger partial charge is 0.249 e. The average Bonchev–Trinajstić information content (AvgIpc) is 2.94. The Morgan fingerprint density at radius 1 is 1.29 bits per heavy atom. The van der Waals surface area contributed by atoms with Crippen molar-refractivity contribution in [3.05, 3.63) is 29.8 Å². The third-order valence-corrected chi connectivity index (χ3v) is 4.30. The summed E-state index contributed by atoms with van der Waals surface area (Å²) in [5.41, 5.74) is 3.39. The van der Waals surface area contributed by atoms with Crippen molar-refractivity contribution in [2.45, 2.75) is 39.2 Å². The number of nitrogens with one attached hydrogen (secondary N) is 1. The molecule has 1 aliphatic heterocycles. The van der Waals surface area contributed by atoms with E-state index >= 15 is 0 Å². The number of likely N-dealkylation sites (tertiary alicyclic amines) is 1. The van der Waals surface area contributed by atoms with Crippen molar-refractivity contribution < 1.29 is 19.2 Å². The maximum Gasteiger partial charge on any atom is 0.249 e. The molecule has 2 amide bonds. The van der Waals surface area contributed by atoms with Crippen molar-refractivity contribution in [2.75, 3.05) is 20.3 Å². The van der Waals surface area contributed by atoms with Gasteiger partial charge in [0.2, 0.25) is 11.8 Å². The van der Waals surface area contributed by atoms with Gasteiger partial charge in [0.25, 0.3) is 0 Å². The van der Waals surface area contributed by atoms with E-state index < -0.39 is 5.92 Å². The van der Waals surface area contributed by atoms with E-state index in [-0.39, 0.29) is 24.3 Å². The Kier molecular flexibility index (Phi) is 6.61. The molecule has 0 spiro atoms. The highest BCUT2D eigenvalue weighted by Crippen LogP contribution is 2.39. The van der Waals surface area contributed by atoms with Gasteiger partial charge in [0.15, 0.2) is 0 Å². The van der Waals surface area contributed by atoms with Crippen molar-refractivity contribution in [3.63, 3.8) is 0 Å². The molecule has 6 nitrogen and oxygen atoms in total. The fourth-order valence-electron chi connectivity index (χ4n) is 3.05. The number of benzene rings is 1. The predicted octanol–water partition coefficient (Wildman–Crippen LogP) is 2.45. The molecule has 1 N–H and O–H groups in total. The van der Waals surface area contributed by atoms with E-state index in [9.17, 15) is 9.59 Å². The maximum absolute atomic E-state index is 12.5. The molecule has 0 bridgehead atoms. The van der Waals surface area contributed by atoms with Gasteiger partial charge in [-0.05, 0) is 31.0 Å². The van der Waals surface area contributed by atoms with Crippen LogP contribution in [-0.4, -0.2) is 37.0 Å². The molecule has 0 saturated carbocycles. The largest absolute Gasteiger partial charge is 0.497 e. The van der Waals surface area contributed by atoms with Crippen LogP contribution in [0.3, 0.4) is 0 Å². The number of hydroxylamine groups is 1. The SMILES string of the molecule is CCCCN1C(=O)CC(C(=O)NOCC)C1c1ccc(OC)cc1. The number of ether oxygens (including phenoxy) is 1. The standard InChI is InChI=1S/C18H26N2O4/c1-4-6-11-20-16(21)12-15(18(22)19-24-5-2)17(20)13-7-9-14(23-3)10-8-13/h7-10,15,17H,4-6,11-12H2,1-3H3,(H,19,22). The van der Waals surface area contributed by atoms with Crippen LogP contribution in [-0.2, 0) is 14.4 Å². The Balaban J connectivity index is 2.27. The number of unbranched alkanes of at least 4 members (excludes halogenated alkanes) is 1. The summed E-state index contributed by atoms with van der Waals surface area (Å²) >= 11 is 0. The van der Waals surface area contributed by atoms with Crippen molar-refractivity contribution in [2.24, 2.45) is 5.92 Å². The summed E-state index contributed by atoms with van der Waals surface area (Å²) in [6.07, 6.45) is 2.12. The molecule has 1 aromatic rings. The Bertz CT molecular complexity index is 559. The summed E-state index contributed by atoms with van der Waals surface area (Å²) in [6, 6.07) is 7.28. The number of rotatable bonds is 8. The first-order chi connectivity index (χ1) is 11.6. The Morgan fingerprint density at radius 2 is 2.00 bits per heavy atom. The van der Waals surface area contributed by atoms with Crippen LogP contribution in [0.1, 0.15) is 44.7 Å². The summed E-state index contributed by atoms with van der Waals surface area (Å²) in [5.74, 6) is 0.0683. The summed E-state index contributed by atoms with van der Waals surface area (Å²) in [6.45, 7) is 4.93. The molecule has 1 fully saturated rings. The van der Waals surface area contributed by atoms with Gasteiger partial charge in [-0.3, -0.25) is 14.4 Å². The van der Waals surface area contributed by atoms with Gasteiger partial charge in [-0.1, -0.05) is 25.5 Å². The van der Waals surface area contributed by atoms with E-state index in [0.29, 0.717) is 13.2 Å². The minimum atomic E-state index is -0.450. The Hall–Kier alpha value is -2.08. The van der Waals surface area contributed by atoms with Gasteiger partial charge in [0, 0.05) is 13.0 Å². The fourth-order valence-corrected chi connectivity index (χ4v) is 3.05. The van der Waals surface area contributed by atoms with Gasteiger partial charge >= 0.3 is 0 Å². The second-order valence-electron chi connectivity index (χ2n) is 5.87. The van der Waals surface area contributed by atoms with Crippen LogP contribution in [0.5, 0.6) is 5.75 Å². The zero-order valence-electron chi connectivity index (χ0n) is 14.6. The monoisotopic (exact) mass is 334 g/mol. The topological polar surface area (TPSA) is 67.9 Å². The lowest BCUT2D eigenvalue weighted by Gasteiger charge is -2.28. The predicted molar refractivity (Wildman–Crippen MR) is 90.2 cm³/mol. The van der Waals surface area contributed by atoms with Crippen LogP contribution in [0.25, 0.3) is 0 Å². The van der Waals surface area contributed by atoms with E-state index in [1.54, 1.807) is 14.0 Å². The summed E-state index contributed by atoms with van der Waals surface area (Å²) in [4.78, 5) is 31.7. The van der Waals surface area contributed by atoms with Crippen LogP contribution >= 0.6 is 0 Å². The van der Waals surface area contributed by atoms with Crippen molar-refractivity contribution in [1.82, 2.24) is 10.4 Å². The zero-order valence-corrected chi connectivity index (χ0v) is 14.6. The molecule has 132 valence electrons. The quantitative estimate of drug-likeness (QED) is 0.742. The van der Waals surface area contributed by atoms with Gasteiger partial charge in [-0.2, -0.15) is 0 Å². The van der Waals surface area contributed by atoms with Gasteiger partial charge in [0.1, 0.15) is 5.75 Å². The van der Waals surface area contributed by atoms with Crippen LogP contribution in [0.2, 0.25) is 0 Å². The third-order valence-electron chi connectivity index (χ3n) is 4.30. The number of nitrogens with zero attached hydrogens (tertiary/aromatic N) is 1. The highest BCUT2D eigenvalue weighted by molar-refractivity contribution is 5.90. The van der Waals surface area contributed by atoms with E-state index in [0.717, 1.165) is 24.2 Å². The lowest BCUT2D eigenvalue weighted by molar-refractivity contribution is -0.138. The summed E-state index contributed by atoms with van der Waals surface area (Å²) in [5, 5.41) is 0. The average molecular weight is 334 g/mol. The molecule has 2 rings (SSSR count). The highest BCUT2D eigenvalue weighted by Gasteiger charge is 2.44. The van der Waals surface area contributed by atoms with Crippen LogP contribution in [0.4, 0.5) is 0 Å². The Morgan fingerprint density at radius 3 is 2.58 bits per heavy atom. The number of amides is 2. The number of carbonyl (C=O) groups is 2.